The van der Waals surface area contributed by atoms with Gasteiger partial charge in [0, 0.05) is 43.9 Å². The van der Waals surface area contributed by atoms with Gasteiger partial charge < -0.3 is 34.4 Å². The zero-order chi connectivity index (χ0) is 27.9. The van der Waals surface area contributed by atoms with E-state index in [0.717, 1.165) is 19.8 Å². The Labute approximate surface area is 221 Å². The Morgan fingerprint density at radius 2 is 1.71 bits per heavy atom. The molecule has 2 aromatic rings. The molecule has 1 aliphatic heterocycles. The average molecular weight is 549 g/mol. The second kappa shape index (κ2) is 12.4. The number of benzene rings is 1. The third-order valence-corrected chi connectivity index (χ3v) is 7.71. The second-order valence-electron chi connectivity index (χ2n) is 8.96. The van der Waals surface area contributed by atoms with Crippen LogP contribution in [0, 0.1) is 0 Å². The van der Waals surface area contributed by atoms with Gasteiger partial charge in [-0.3, -0.25) is 14.2 Å². The third kappa shape index (κ3) is 6.69. The molecule has 3 rings (SSSR count). The molecular weight excluding hydrogens is 515 g/mol. The van der Waals surface area contributed by atoms with Crippen LogP contribution in [0.25, 0.3) is 11.3 Å². The highest BCUT2D eigenvalue weighted by Crippen LogP contribution is 2.49. The molecule has 0 saturated carbocycles. The predicted octanol–water partition coefficient (Wildman–Crippen LogP) is 2.46. The van der Waals surface area contributed by atoms with Crippen molar-refractivity contribution < 1.29 is 38.2 Å². The molecule has 1 fully saturated rings. The number of nitrogens with zero attached hydrogens (tertiary/aromatic N) is 3. The number of piperazine rings is 1. The molecule has 206 valence electrons. The third-order valence-electron chi connectivity index (χ3n) is 6.24. The van der Waals surface area contributed by atoms with Crippen molar-refractivity contribution in [3.05, 3.63) is 48.2 Å². The van der Waals surface area contributed by atoms with Crippen LogP contribution < -0.4 is 10.1 Å². The first-order valence-corrected chi connectivity index (χ1v) is 13.8. The van der Waals surface area contributed by atoms with Gasteiger partial charge in [-0.25, -0.2) is 9.78 Å². The van der Waals surface area contributed by atoms with E-state index in [1.54, 1.807) is 30.3 Å². The molecule has 0 radical (unpaired) electrons. The van der Waals surface area contributed by atoms with Gasteiger partial charge in [-0.05, 0) is 13.3 Å². The lowest BCUT2D eigenvalue weighted by molar-refractivity contribution is -0.136. The van der Waals surface area contributed by atoms with Gasteiger partial charge in [0.2, 0.25) is 5.28 Å². The van der Waals surface area contributed by atoms with Gasteiger partial charge in [0.1, 0.15) is 11.4 Å². The zero-order valence-corrected chi connectivity index (χ0v) is 22.5. The summed E-state index contributed by atoms with van der Waals surface area (Å²) in [5.41, 5.74) is 0.914. The van der Waals surface area contributed by atoms with Gasteiger partial charge in [0.15, 0.2) is 0 Å². The lowest BCUT2D eigenvalue weighted by Gasteiger charge is -2.39. The quantitative estimate of drug-likeness (QED) is 0.316. The smallest absolute Gasteiger partial charge is 0.409 e. The van der Waals surface area contributed by atoms with Crippen molar-refractivity contribution in [3.63, 3.8) is 0 Å². The van der Waals surface area contributed by atoms with Gasteiger partial charge in [0.25, 0.3) is 11.8 Å². The molecule has 1 aromatic heterocycles. The van der Waals surface area contributed by atoms with Crippen molar-refractivity contribution in [2.24, 2.45) is 0 Å². The van der Waals surface area contributed by atoms with Crippen LogP contribution >= 0.6 is 7.60 Å². The number of carbonyl (C=O) groups is 3. The Hall–Kier alpha value is -3.47. The van der Waals surface area contributed by atoms with Crippen LogP contribution in [-0.2, 0) is 14.1 Å². The fourth-order valence-electron chi connectivity index (χ4n) is 3.83. The van der Waals surface area contributed by atoms with E-state index in [9.17, 15) is 28.7 Å². The molecule has 2 heterocycles. The van der Waals surface area contributed by atoms with Crippen LogP contribution in [0.15, 0.2) is 42.5 Å². The summed E-state index contributed by atoms with van der Waals surface area (Å²) in [6.07, 6.45) is 1.11. The molecule has 0 bridgehead atoms. The first-order valence-electron chi connectivity index (χ1n) is 12.2. The summed E-state index contributed by atoms with van der Waals surface area (Å²) in [5.74, 6) is -1.63. The van der Waals surface area contributed by atoms with E-state index in [1.807, 2.05) is 13.0 Å². The van der Waals surface area contributed by atoms with E-state index in [4.69, 9.17) is 9.47 Å². The molecule has 0 unspecified atom stereocenters. The SMILES string of the molecule is CCCCOC(=O)N1CCN(C(=O)[C@@](C)(NC(=O)c2cc(OC)cc(-c3ccccc3)n2)P(=O)(O)O)CC1. The van der Waals surface area contributed by atoms with Crippen molar-refractivity contribution in [2.45, 2.75) is 32.0 Å². The van der Waals surface area contributed by atoms with Crippen LogP contribution in [0.2, 0.25) is 0 Å². The topological polar surface area (TPSA) is 159 Å². The van der Waals surface area contributed by atoms with Gasteiger partial charge in [0.05, 0.1) is 19.4 Å². The second-order valence-corrected chi connectivity index (χ2v) is 10.9. The average Bonchev–Trinajstić information content (AvgIpc) is 2.92. The van der Waals surface area contributed by atoms with E-state index in [0.29, 0.717) is 23.6 Å². The Balaban J connectivity index is 1.79. The summed E-state index contributed by atoms with van der Waals surface area (Å²) in [6.45, 7) is 3.53. The maximum absolute atomic E-state index is 13.4. The lowest BCUT2D eigenvalue weighted by Crippen LogP contribution is -2.61. The van der Waals surface area contributed by atoms with Crippen LogP contribution in [0.1, 0.15) is 37.2 Å². The van der Waals surface area contributed by atoms with E-state index in [2.05, 4.69) is 10.3 Å². The first kappa shape index (κ1) is 29.1. The van der Waals surface area contributed by atoms with Crippen LogP contribution in [0.3, 0.4) is 0 Å². The van der Waals surface area contributed by atoms with E-state index < -0.39 is 30.8 Å². The number of ether oxygens (including phenoxy) is 2. The van der Waals surface area contributed by atoms with Gasteiger partial charge in [-0.2, -0.15) is 0 Å². The fraction of sp³-hybridized carbons (Fsp3) is 0.440. The number of unbranched alkanes of at least 4 members (excludes halogenated alkanes) is 1. The molecule has 1 aromatic carbocycles. The molecule has 3 amide bonds. The van der Waals surface area contributed by atoms with Crippen molar-refractivity contribution in [1.82, 2.24) is 20.1 Å². The molecule has 38 heavy (non-hydrogen) atoms. The number of rotatable bonds is 9. The Bertz CT molecular complexity index is 1200. The summed E-state index contributed by atoms with van der Waals surface area (Å²) < 4.78 is 23.0. The summed E-state index contributed by atoms with van der Waals surface area (Å²) in [4.78, 5) is 66.0. The van der Waals surface area contributed by atoms with Gasteiger partial charge in [-0.15, -0.1) is 0 Å². The minimum Gasteiger partial charge on any atom is -0.497 e. The van der Waals surface area contributed by atoms with Crippen LogP contribution in [0.5, 0.6) is 5.75 Å². The zero-order valence-electron chi connectivity index (χ0n) is 21.6. The highest BCUT2D eigenvalue weighted by molar-refractivity contribution is 7.54. The molecule has 1 aliphatic rings. The van der Waals surface area contributed by atoms with Gasteiger partial charge >= 0.3 is 13.7 Å². The number of pyridine rings is 1. The number of hydrogen-bond donors (Lipinski definition) is 3. The Kier molecular flexibility index (Phi) is 9.48. The first-order chi connectivity index (χ1) is 18.0. The van der Waals surface area contributed by atoms with E-state index >= 15 is 0 Å². The molecular formula is C25H33N4O8P. The predicted molar refractivity (Wildman–Crippen MR) is 139 cm³/mol. The highest BCUT2D eigenvalue weighted by Gasteiger charge is 2.53. The number of carbonyl (C=O) groups excluding carboxylic acids is 3. The molecule has 13 heteroatoms. The fourth-order valence-corrected chi connectivity index (χ4v) is 4.47. The summed E-state index contributed by atoms with van der Waals surface area (Å²) in [6, 6.07) is 11.9. The number of aromatic nitrogens is 1. The Morgan fingerprint density at radius 3 is 2.29 bits per heavy atom. The molecule has 3 N–H and O–H groups in total. The summed E-state index contributed by atoms with van der Waals surface area (Å²) >= 11 is 0. The van der Waals surface area contributed by atoms with Crippen molar-refractivity contribution >= 4 is 25.5 Å². The maximum Gasteiger partial charge on any atom is 0.409 e. The molecule has 0 spiro atoms. The molecule has 0 aliphatic carbocycles. The van der Waals surface area contributed by atoms with E-state index in [1.165, 1.54) is 23.0 Å². The minimum atomic E-state index is -5.21. The molecule has 12 nitrogen and oxygen atoms in total. The van der Waals surface area contributed by atoms with Crippen LogP contribution in [0.4, 0.5) is 4.79 Å². The molecule has 1 atom stereocenters. The van der Waals surface area contributed by atoms with Crippen molar-refractivity contribution in [2.75, 3.05) is 39.9 Å². The monoisotopic (exact) mass is 548 g/mol. The largest absolute Gasteiger partial charge is 0.497 e. The van der Waals surface area contributed by atoms with E-state index in [-0.39, 0.29) is 31.9 Å². The number of nitrogens with one attached hydrogen (secondary N) is 1. The maximum atomic E-state index is 13.4. The minimum absolute atomic E-state index is 0.0166. The summed E-state index contributed by atoms with van der Waals surface area (Å²) in [5, 5.41) is -0.335. The molecule has 1 saturated heterocycles. The van der Waals surface area contributed by atoms with Crippen molar-refractivity contribution in [1.29, 1.82) is 0 Å². The Morgan fingerprint density at radius 1 is 1.08 bits per heavy atom. The van der Waals surface area contributed by atoms with Crippen LogP contribution in [-0.4, -0.2) is 87.7 Å². The number of methoxy groups -OCH3 is 1. The van der Waals surface area contributed by atoms with Crippen molar-refractivity contribution in [3.8, 4) is 17.0 Å². The normalized spacial score (nSPS) is 15.4. The standard InChI is InChI=1S/C25H33N4O8P/c1-4-5-15-37-24(32)29-13-11-28(12-14-29)23(31)25(2,38(33,34)35)27-22(30)21-17-19(36-3)16-20(26-21)18-9-7-6-8-10-18/h6-10,16-17H,4-5,11-15H2,1-3H3,(H,27,30)(H2,33,34,35)/t25-/m0/s1. The van der Waals surface area contributed by atoms with Gasteiger partial charge in [-0.1, -0.05) is 43.7 Å². The summed E-state index contributed by atoms with van der Waals surface area (Å²) in [7, 11) is -3.80. The highest BCUT2D eigenvalue weighted by atomic mass is 31.2. The lowest BCUT2D eigenvalue weighted by atomic mass is 10.1. The number of hydrogen-bond acceptors (Lipinski definition) is 7. The number of amides is 3.